The molecule has 0 saturated carbocycles. The Morgan fingerprint density at radius 3 is 2.55 bits per heavy atom. The van der Waals surface area contributed by atoms with Crippen molar-refractivity contribution in [3.63, 3.8) is 0 Å². The van der Waals surface area contributed by atoms with Crippen molar-refractivity contribution in [2.75, 3.05) is 5.32 Å². The number of anilines is 1. The molecule has 2 heterocycles. The smallest absolute Gasteiger partial charge is 0.156 e. The lowest BCUT2D eigenvalue weighted by Crippen LogP contribution is -2.13. The molecule has 0 radical (unpaired) electrons. The summed E-state index contributed by atoms with van der Waals surface area (Å²) in [6.45, 7) is 4.21. The number of aromatic nitrogens is 3. The lowest BCUT2D eigenvalue weighted by atomic mass is 10.0. The molecule has 4 aromatic rings. The first-order valence-corrected chi connectivity index (χ1v) is 11.0. The third-order valence-electron chi connectivity index (χ3n) is 5.38. The highest BCUT2D eigenvalue weighted by atomic mass is 16.3. The van der Waals surface area contributed by atoms with Crippen molar-refractivity contribution >= 4 is 29.0 Å². The average Bonchev–Trinajstić information content (AvgIpc) is 2.85. The minimum absolute atomic E-state index is 0.0313. The predicted octanol–water partition coefficient (Wildman–Crippen LogP) is 5.36. The summed E-state index contributed by atoms with van der Waals surface area (Å²) in [5, 5.41) is 14.0. The van der Waals surface area contributed by atoms with Crippen LogP contribution in [0.3, 0.4) is 0 Å². The SMILES string of the molecule is CC(O)C(C)C=N/C=C/c1nc(NCc2ccccn2)c2c(-c3ccccc3)cccc2n1. The molecule has 2 atom stereocenters. The zero-order valence-corrected chi connectivity index (χ0v) is 18.8. The van der Waals surface area contributed by atoms with Gasteiger partial charge in [-0.3, -0.25) is 9.98 Å². The molecule has 0 amide bonds. The standard InChI is InChI=1S/C27H27N5O/c1-19(20(2)33)17-28-16-14-25-31-24-13-8-12-23(21-9-4-3-5-10-21)26(24)27(32-25)30-18-22-11-6-7-15-29-22/h3-17,19-20,33H,18H2,1-2H3,(H,30,31,32)/b16-14+,28-17?. The van der Waals surface area contributed by atoms with Crippen LogP contribution in [-0.4, -0.2) is 32.4 Å². The van der Waals surface area contributed by atoms with Gasteiger partial charge in [-0.25, -0.2) is 9.97 Å². The number of pyridine rings is 1. The maximum atomic E-state index is 9.61. The van der Waals surface area contributed by atoms with Gasteiger partial charge in [-0.15, -0.1) is 0 Å². The zero-order valence-electron chi connectivity index (χ0n) is 18.8. The summed E-state index contributed by atoms with van der Waals surface area (Å²) in [5.41, 5.74) is 3.94. The van der Waals surface area contributed by atoms with Crippen LogP contribution in [0.15, 0.2) is 84.1 Å². The van der Waals surface area contributed by atoms with E-state index in [1.54, 1.807) is 31.6 Å². The van der Waals surface area contributed by atoms with Crippen LogP contribution in [0.4, 0.5) is 5.82 Å². The molecule has 2 aromatic heterocycles. The molecule has 0 aliphatic heterocycles. The molecule has 0 fully saturated rings. The summed E-state index contributed by atoms with van der Waals surface area (Å²) in [5.74, 6) is 1.26. The van der Waals surface area contributed by atoms with E-state index in [-0.39, 0.29) is 5.92 Å². The Morgan fingerprint density at radius 2 is 1.79 bits per heavy atom. The van der Waals surface area contributed by atoms with E-state index in [1.165, 1.54) is 0 Å². The third-order valence-corrected chi connectivity index (χ3v) is 5.38. The summed E-state index contributed by atoms with van der Waals surface area (Å²) >= 11 is 0. The molecule has 2 aromatic carbocycles. The highest BCUT2D eigenvalue weighted by Crippen LogP contribution is 2.32. The number of hydrogen-bond acceptors (Lipinski definition) is 6. The Labute approximate surface area is 193 Å². The molecule has 33 heavy (non-hydrogen) atoms. The van der Waals surface area contributed by atoms with Crippen LogP contribution in [0.25, 0.3) is 28.1 Å². The van der Waals surface area contributed by atoms with Gasteiger partial charge in [0.15, 0.2) is 5.82 Å². The van der Waals surface area contributed by atoms with Gasteiger partial charge in [-0.05, 0) is 36.2 Å². The largest absolute Gasteiger partial charge is 0.393 e. The minimum atomic E-state index is -0.446. The highest BCUT2D eigenvalue weighted by Gasteiger charge is 2.12. The fourth-order valence-corrected chi connectivity index (χ4v) is 3.36. The van der Waals surface area contributed by atoms with Gasteiger partial charge < -0.3 is 10.4 Å². The van der Waals surface area contributed by atoms with Crippen molar-refractivity contribution in [2.24, 2.45) is 10.9 Å². The van der Waals surface area contributed by atoms with Crippen molar-refractivity contribution in [3.05, 3.63) is 90.6 Å². The maximum Gasteiger partial charge on any atom is 0.156 e. The van der Waals surface area contributed by atoms with Gasteiger partial charge in [0.25, 0.3) is 0 Å². The van der Waals surface area contributed by atoms with Crippen LogP contribution in [0.2, 0.25) is 0 Å². The Hall–Kier alpha value is -3.90. The first-order valence-electron chi connectivity index (χ1n) is 11.0. The van der Waals surface area contributed by atoms with Crippen molar-refractivity contribution in [1.82, 2.24) is 15.0 Å². The molecule has 2 N–H and O–H groups in total. The first-order chi connectivity index (χ1) is 16.1. The summed E-state index contributed by atoms with van der Waals surface area (Å²) in [4.78, 5) is 18.2. The molecule has 0 saturated heterocycles. The molecule has 0 spiro atoms. The van der Waals surface area contributed by atoms with Gasteiger partial charge in [-0.1, -0.05) is 55.5 Å². The van der Waals surface area contributed by atoms with Crippen LogP contribution < -0.4 is 5.32 Å². The second kappa shape index (κ2) is 10.6. The Balaban J connectivity index is 1.74. The van der Waals surface area contributed by atoms with Gasteiger partial charge in [0.1, 0.15) is 5.82 Å². The lowest BCUT2D eigenvalue weighted by molar-refractivity contribution is 0.167. The van der Waals surface area contributed by atoms with E-state index in [0.717, 1.165) is 33.5 Å². The molecule has 6 heteroatoms. The monoisotopic (exact) mass is 437 g/mol. The molecule has 2 unspecified atom stereocenters. The second-order valence-corrected chi connectivity index (χ2v) is 7.88. The zero-order chi connectivity index (χ0) is 23.0. The van der Waals surface area contributed by atoms with E-state index < -0.39 is 6.10 Å². The summed E-state index contributed by atoms with van der Waals surface area (Å²) in [6.07, 6.45) is 6.48. The van der Waals surface area contributed by atoms with E-state index in [2.05, 4.69) is 33.5 Å². The maximum absolute atomic E-state index is 9.61. The Bertz CT molecular complexity index is 1250. The summed E-state index contributed by atoms with van der Waals surface area (Å²) in [6, 6.07) is 22.2. The van der Waals surface area contributed by atoms with E-state index in [0.29, 0.717) is 12.4 Å². The highest BCUT2D eigenvalue weighted by molar-refractivity contribution is 6.02. The molecule has 0 aliphatic carbocycles. The van der Waals surface area contributed by atoms with Gasteiger partial charge in [0, 0.05) is 30.6 Å². The normalized spacial score (nSPS) is 13.5. The minimum Gasteiger partial charge on any atom is -0.393 e. The molecule has 4 rings (SSSR count). The second-order valence-electron chi connectivity index (χ2n) is 7.88. The van der Waals surface area contributed by atoms with Crippen molar-refractivity contribution in [1.29, 1.82) is 0 Å². The number of fused-ring (bicyclic) bond motifs is 1. The Kier molecular flexibility index (Phi) is 7.17. The molecule has 0 aliphatic rings. The fraction of sp³-hybridized carbons (Fsp3) is 0.185. The van der Waals surface area contributed by atoms with Crippen molar-refractivity contribution in [2.45, 2.75) is 26.5 Å². The number of nitrogens with zero attached hydrogens (tertiary/aromatic N) is 4. The van der Waals surface area contributed by atoms with E-state index >= 15 is 0 Å². The number of aliphatic hydroxyl groups is 1. The fourth-order valence-electron chi connectivity index (χ4n) is 3.36. The van der Waals surface area contributed by atoms with Gasteiger partial charge >= 0.3 is 0 Å². The lowest BCUT2D eigenvalue weighted by Gasteiger charge is -2.13. The quantitative estimate of drug-likeness (QED) is 0.363. The number of hydrogen-bond donors (Lipinski definition) is 2. The molecule has 166 valence electrons. The van der Waals surface area contributed by atoms with Gasteiger partial charge in [0.2, 0.25) is 0 Å². The van der Waals surface area contributed by atoms with Crippen molar-refractivity contribution < 1.29 is 5.11 Å². The van der Waals surface area contributed by atoms with E-state index in [9.17, 15) is 5.11 Å². The van der Waals surface area contributed by atoms with Crippen molar-refractivity contribution in [3.8, 4) is 11.1 Å². The molecule has 6 nitrogen and oxygen atoms in total. The molecular weight excluding hydrogens is 410 g/mol. The summed E-state index contributed by atoms with van der Waals surface area (Å²) in [7, 11) is 0. The van der Waals surface area contributed by atoms with Crippen LogP contribution in [0.1, 0.15) is 25.4 Å². The van der Waals surface area contributed by atoms with Gasteiger partial charge in [0.05, 0.1) is 29.2 Å². The molecular formula is C27H27N5O. The first kappa shape index (κ1) is 22.3. The van der Waals surface area contributed by atoms with Gasteiger partial charge in [-0.2, -0.15) is 0 Å². The van der Waals surface area contributed by atoms with E-state index in [1.807, 2.05) is 55.5 Å². The molecule has 0 bridgehead atoms. The van der Waals surface area contributed by atoms with E-state index in [4.69, 9.17) is 9.97 Å². The number of rotatable bonds is 8. The number of benzene rings is 2. The number of aliphatic hydroxyl groups excluding tert-OH is 1. The third kappa shape index (κ3) is 5.67. The van der Waals surface area contributed by atoms with Crippen LogP contribution in [-0.2, 0) is 6.54 Å². The van der Waals surface area contributed by atoms with Crippen LogP contribution >= 0.6 is 0 Å². The van der Waals surface area contributed by atoms with Crippen LogP contribution in [0, 0.1) is 5.92 Å². The predicted molar refractivity (Wildman–Crippen MR) is 135 cm³/mol. The summed E-state index contributed by atoms with van der Waals surface area (Å²) < 4.78 is 0. The average molecular weight is 438 g/mol. The Morgan fingerprint density at radius 1 is 0.970 bits per heavy atom. The topological polar surface area (TPSA) is 83.3 Å². The number of aliphatic imine (C=N–C) groups is 1. The number of nitrogens with one attached hydrogen (secondary N) is 1. The van der Waals surface area contributed by atoms with Crippen LogP contribution in [0.5, 0.6) is 0 Å².